The van der Waals surface area contributed by atoms with Gasteiger partial charge in [-0.05, 0) is 19.8 Å². The van der Waals surface area contributed by atoms with Gasteiger partial charge in [0.05, 0.1) is 12.1 Å². The molecule has 0 aromatic rings. The Kier molecular flexibility index (Phi) is 12.9. The number of rotatable bonds is 15. The third kappa shape index (κ3) is 10.9. The summed E-state index contributed by atoms with van der Waals surface area (Å²) in [6, 6.07) is -5.75. The lowest BCUT2D eigenvalue weighted by molar-refractivity contribution is -0.145. The first-order valence-electron chi connectivity index (χ1n) is 9.42. The molecule has 15 heteroatoms. The number of thiol groups is 1. The summed E-state index contributed by atoms with van der Waals surface area (Å²) < 4.78 is 0. The monoisotopic (exact) mass is 480 g/mol. The molecule has 14 nitrogen and oxygen atoms in total. The van der Waals surface area contributed by atoms with Crippen molar-refractivity contribution in [2.24, 2.45) is 5.73 Å². The topological polar surface area (TPSA) is 245 Å². The molecule has 0 aliphatic carbocycles. The Morgan fingerprint density at radius 3 is 1.72 bits per heavy atom. The van der Waals surface area contributed by atoms with E-state index in [0.29, 0.717) is 0 Å². The Hall–Kier alpha value is -2.91. The van der Waals surface area contributed by atoms with Crippen molar-refractivity contribution in [3.8, 4) is 0 Å². The van der Waals surface area contributed by atoms with Gasteiger partial charge in [0, 0.05) is 18.6 Å². The van der Waals surface area contributed by atoms with E-state index in [1.165, 1.54) is 0 Å². The normalized spacial score (nSPS) is 15.4. The summed E-state index contributed by atoms with van der Waals surface area (Å²) in [4.78, 5) is 69.6. The van der Waals surface area contributed by atoms with Crippen LogP contribution in [0.25, 0.3) is 0 Å². The summed E-state index contributed by atoms with van der Waals surface area (Å²) in [5.41, 5.74) is 5.58. The van der Waals surface area contributed by atoms with Crippen molar-refractivity contribution in [1.82, 2.24) is 16.0 Å². The largest absolute Gasteiger partial charge is 0.481 e. The fourth-order valence-corrected chi connectivity index (χ4v) is 2.59. The van der Waals surface area contributed by atoms with E-state index in [2.05, 4.69) is 23.3 Å². The summed E-state index contributed by atoms with van der Waals surface area (Å²) in [5, 5.41) is 42.5. The molecule has 0 saturated heterocycles. The molecule has 0 heterocycles. The number of carbonyl (C=O) groups is 6. The van der Waals surface area contributed by atoms with E-state index < -0.39 is 78.7 Å². The highest BCUT2D eigenvalue weighted by atomic mass is 32.1. The number of aliphatic carboxylic acids is 3. The summed E-state index contributed by atoms with van der Waals surface area (Å²) in [5.74, 6) is -7.11. The van der Waals surface area contributed by atoms with Crippen LogP contribution in [0.1, 0.15) is 32.6 Å². The van der Waals surface area contributed by atoms with Crippen LogP contribution in [-0.4, -0.2) is 92.1 Å². The van der Waals surface area contributed by atoms with Gasteiger partial charge in [0.2, 0.25) is 17.7 Å². The molecule has 0 aliphatic rings. The van der Waals surface area contributed by atoms with Crippen LogP contribution < -0.4 is 21.7 Å². The fourth-order valence-electron chi connectivity index (χ4n) is 2.33. The predicted molar refractivity (Wildman–Crippen MR) is 111 cm³/mol. The van der Waals surface area contributed by atoms with Gasteiger partial charge < -0.3 is 42.1 Å². The Morgan fingerprint density at radius 1 is 0.812 bits per heavy atom. The highest BCUT2D eigenvalue weighted by Crippen LogP contribution is 2.03. The van der Waals surface area contributed by atoms with Crippen LogP contribution >= 0.6 is 12.6 Å². The first-order valence-corrected chi connectivity index (χ1v) is 10.0. The minimum Gasteiger partial charge on any atom is -0.481 e. The number of aliphatic hydroxyl groups is 1. The van der Waals surface area contributed by atoms with E-state index in [9.17, 15) is 33.9 Å². The number of carboxylic acid groups (broad SMARTS) is 3. The second-order valence-corrected chi connectivity index (χ2v) is 7.21. The van der Waals surface area contributed by atoms with Crippen LogP contribution in [0.2, 0.25) is 0 Å². The van der Waals surface area contributed by atoms with E-state index in [1.807, 2.05) is 5.32 Å². The number of nitrogens with one attached hydrogen (secondary N) is 3. The molecule has 3 amide bonds. The zero-order chi connectivity index (χ0) is 25.0. The molecule has 0 bridgehead atoms. The Labute approximate surface area is 188 Å². The van der Waals surface area contributed by atoms with Gasteiger partial charge in [-0.25, -0.2) is 4.79 Å². The molecule has 0 spiro atoms. The number of nitrogens with two attached hydrogens (primary N) is 1. The van der Waals surface area contributed by atoms with Gasteiger partial charge in [-0.15, -0.1) is 0 Å². The van der Waals surface area contributed by atoms with Crippen molar-refractivity contribution in [2.45, 2.75) is 62.9 Å². The first kappa shape index (κ1) is 29.1. The van der Waals surface area contributed by atoms with E-state index in [4.69, 9.17) is 21.1 Å². The first-order chi connectivity index (χ1) is 14.8. The number of carbonyl (C=O) groups excluding carboxylic acids is 3. The number of hydrogen-bond acceptors (Lipinski definition) is 9. The summed E-state index contributed by atoms with van der Waals surface area (Å²) in [6.45, 7) is 1.14. The third-order valence-corrected chi connectivity index (χ3v) is 4.51. The van der Waals surface area contributed by atoms with Crippen LogP contribution in [0, 0.1) is 0 Å². The van der Waals surface area contributed by atoms with Crippen molar-refractivity contribution < 1.29 is 49.2 Å². The molecule has 5 atom stereocenters. The zero-order valence-corrected chi connectivity index (χ0v) is 18.1. The van der Waals surface area contributed by atoms with Crippen LogP contribution in [0.4, 0.5) is 0 Å². The third-order valence-electron chi connectivity index (χ3n) is 4.15. The van der Waals surface area contributed by atoms with Gasteiger partial charge in [-0.3, -0.25) is 24.0 Å². The van der Waals surface area contributed by atoms with Crippen LogP contribution in [-0.2, 0) is 28.8 Å². The zero-order valence-electron chi connectivity index (χ0n) is 17.2. The molecule has 0 rings (SSSR count). The van der Waals surface area contributed by atoms with Gasteiger partial charge in [-0.2, -0.15) is 12.6 Å². The van der Waals surface area contributed by atoms with Gasteiger partial charge in [0.15, 0.2) is 6.04 Å². The minimum atomic E-state index is -1.66. The smallest absolute Gasteiger partial charge is 0.328 e. The maximum atomic E-state index is 12.6. The Balaban J connectivity index is 5.29. The lowest BCUT2D eigenvalue weighted by Crippen LogP contribution is -2.58. The van der Waals surface area contributed by atoms with Crippen molar-refractivity contribution in [2.75, 3.05) is 5.75 Å². The van der Waals surface area contributed by atoms with Crippen LogP contribution in [0.15, 0.2) is 0 Å². The second kappa shape index (κ2) is 14.2. The summed E-state index contributed by atoms with van der Waals surface area (Å²) in [6.07, 6.45) is -2.97. The van der Waals surface area contributed by atoms with Crippen LogP contribution in [0.5, 0.6) is 0 Å². The van der Waals surface area contributed by atoms with Gasteiger partial charge >= 0.3 is 17.9 Å². The van der Waals surface area contributed by atoms with Crippen molar-refractivity contribution in [1.29, 1.82) is 0 Å². The van der Waals surface area contributed by atoms with Gasteiger partial charge in [-0.1, -0.05) is 0 Å². The molecule has 5 unspecified atom stereocenters. The summed E-state index contributed by atoms with van der Waals surface area (Å²) in [7, 11) is 0. The Bertz CT molecular complexity index is 717. The quantitative estimate of drug-likeness (QED) is 0.106. The molecule has 182 valence electrons. The minimum absolute atomic E-state index is 0.230. The SMILES string of the molecule is CC(O)C(NC(=O)C(CS)NC(=O)C(CCC(=O)O)NC(=O)C(N)CCC(=O)O)C(=O)O. The van der Waals surface area contributed by atoms with Crippen molar-refractivity contribution in [3.63, 3.8) is 0 Å². The van der Waals surface area contributed by atoms with E-state index in [1.54, 1.807) is 0 Å². The van der Waals surface area contributed by atoms with Crippen molar-refractivity contribution >= 4 is 48.3 Å². The fraction of sp³-hybridized carbons (Fsp3) is 0.647. The molecule has 0 fully saturated rings. The van der Waals surface area contributed by atoms with E-state index in [-0.39, 0.29) is 18.6 Å². The lowest BCUT2D eigenvalue weighted by Gasteiger charge is -2.24. The standard InChI is InChI=1S/C17H28N4O10S/c1-7(22)13(17(30)31)21-16(29)10(6-32)20-15(28)9(3-5-12(25)26)19-14(27)8(18)2-4-11(23)24/h7-10,13,22,32H,2-6,18H2,1H3,(H,19,27)(H,20,28)(H,21,29)(H,23,24)(H,25,26)(H,30,31). The predicted octanol–water partition coefficient (Wildman–Crippen LogP) is -3.11. The molecule has 0 aromatic heterocycles. The molecule has 0 radical (unpaired) electrons. The maximum absolute atomic E-state index is 12.6. The molecular formula is C17H28N4O10S. The Morgan fingerprint density at radius 2 is 1.28 bits per heavy atom. The van der Waals surface area contributed by atoms with Gasteiger partial charge in [0.25, 0.3) is 0 Å². The molecular weight excluding hydrogens is 452 g/mol. The number of amides is 3. The molecule has 9 N–H and O–H groups in total. The molecule has 0 saturated carbocycles. The highest BCUT2D eigenvalue weighted by molar-refractivity contribution is 7.80. The van der Waals surface area contributed by atoms with Crippen LogP contribution in [0.3, 0.4) is 0 Å². The summed E-state index contributed by atoms with van der Waals surface area (Å²) >= 11 is 3.92. The van der Waals surface area contributed by atoms with E-state index >= 15 is 0 Å². The number of aliphatic hydroxyl groups excluding tert-OH is 1. The number of carboxylic acids is 3. The number of hydrogen-bond donors (Lipinski definition) is 9. The lowest BCUT2D eigenvalue weighted by atomic mass is 10.1. The molecule has 0 aromatic carbocycles. The average Bonchev–Trinajstić information content (AvgIpc) is 2.69. The maximum Gasteiger partial charge on any atom is 0.328 e. The molecule has 0 aliphatic heterocycles. The van der Waals surface area contributed by atoms with Crippen molar-refractivity contribution in [3.05, 3.63) is 0 Å². The highest BCUT2D eigenvalue weighted by Gasteiger charge is 2.31. The van der Waals surface area contributed by atoms with Gasteiger partial charge in [0.1, 0.15) is 12.1 Å². The average molecular weight is 480 g/mol. The second-order valence-electron chi connectivity index (χ2n) is 6.84. The molecule has 32 heavy (non-hydrogen) atoms. The van der Waals surface area contributed by atoms with E-state index in [0.717, 1.165) is 6.92 Å².